The molecule has 3 rings (SSSR count). The molecule has 0 aliphatic carbocycles. The molecule has 1 heterocycles. The van der Waals surface area contributed by atoms with E-state index in [0.717, 1.165) is 16.9 Å². The Morgan fingerprint density at radius 1 is 0.893 bits per heavy atom. The van der Waals surface area contributed by atoms with Crippen molar-refractivity contribution in [2.45, 2.75) is 13.3 Å². The summed E-state index contributed by atoms with van der Waals surface area (Å²) >= 11 is 0. The van der Waals surface area contributed by atoms with Crippen molar-refractivity contribution in [3.63, 3.8) is 0 Å². The second kappa shape index (κ2) is 8.82. The molecular formula is C24H21NO3. The Morgan fingerprint density at radius 2 is 1.54 bits per heavy atom. The van der Waals surface area contributed by atoms with Gasteiger partial charge in [-0.15, -0.1) is 0 Å². The molecule has 1 N–H and O–H groups in total. The number of phenolic OH excluding ortho intramolecular Hbond substituents is 1. The average Bonchev–Trinajstić information content (AvgIpc) is 3.15. The summed E-state index contributed by atoms with van der Waals surface area (Å²) < 4.78 is 1.98. The Kier molecular flexibility index (Phi) is 6.02. The van der Waals surface area contributed by atoms with Gasteiger partial charge in [-0.2, -0.15) is 0 Å². The predicted octanol–water partition coefficient (Wildman–Crippen LogP) is 4.75. The zero-order valence-corrected chi connectivity index (χ0v) is 15.6. The van der Waals surface area contributed by atoms with Crippen LogP contribution in [0.25, 0.3) is 17.8 Å². The number of aryl methyl sites for hydroxylation is 1. The highest BCUT2D eigenvalue weighted by Gasteiger charge is 2.05. The van der Waals surface area contributed by atoms with E-state index in [1.165, 1.54) is 17.7 Å². The van der Waals surface area contributed by atoms with Crippen LogP contribution in [0.2, 0.25) is 0 Å². The van der Waals surface area contributed by atoms with E-state index in [2.05, 4.69) is 0 Å². The summed E-state index contributed by atoms with van der Waals surface area (Å²) in [6.07, 6.45) is 7.91. The molecule has 0 bridgehead atoms. The number of hydrogen-bond donors (Lipinski definition) is 1. The van der Waals surface area contributed by atoms with E-state index < -0.39 is 0 Å². The van der Waals surface area contributed by atoms with E-state index in [4.69, 9.17) is 0 Å². The summed E-state index contributed by atoms with van der Waals surface area (Å²) in [4.78, 5) is 24.1. The molecule has 28 heavy (non-hydrogen) atoms. The van der Waals surface area contributed by atoms with Crippen LogP contribution in [-0.2, 0) is 9.59 Å². The van der Waals surface area contributed by atoms with Gasteiger partial charge in [0.25, 0.3) is 0 Å². The van der Waals surface area contributed by atoms with E-state index in [1.54, 1.807) is 36.4 Å². The van der Waals surface area contributed by atoms with Gasteiger partial charge in [-0.1, -0.05) is 35.9 Å². The fourth-order valence-electron chi connectivity index (χ4n) is 2.71. The fourth-order valence-corrected chi connectivity index (χ4v) is 2.71. The van der Waals surface area contributed by atoms with Crippen molar-refractivity contribution in [1.29, 1.82) is 0 Å². The molecule has 3 aromatic rings. The average molecular weight is 371 g/mol. The van der Waals surface area contributed by atoms with Crippen molar-refractivity contribution >= 4 is 23.7 Å². The van der Waals surface area contributed by atoms with Crippen molar-refractivity contribution < 1.29 is 14.7 Å². The largest absolute Gasteiger partial charge is 0.508 e. The smallest absolute Gasteiger partial charge is 0.163 e. The second-order valence-corrected chi connectivity index (χ2v) is 6.51. The Labute approximate surface area is 164 Å². The van der Waals surface area contributed by atoms with E-state index in [0.29, 0.717) is 0 Å². The number of aromatic hydroxyl groups is 1. The Morgan fingerprint density at radius 3 is 2.21 bits per heavy atom. The number of rotatable bonds is 7. The van der Waals surface area contributed by atoms with Gasteiger partial charge in [-0.25, -0.2) is 0 Å². The molecule has 0 saturated heterocycles. The zero-order valence-electron chi connectivity index (χ0n) is 15.6. The van der Waals surface area contributed by atoms with Crippen LogP contribution in [0.4, 0.5) is 0 Å². The molecule has 0 spiro atoms. The maximum Gasteiger partial charge on any atom is 0.163 e. The lowest BCUT2D eigenvalue weighted by molar-refractivity contribution is -0.121. The number of carbonyl (C=O) groups excluding carboxylic acids is 2. The van der Waals surface area contributed by atoms with Crippen molar-refractivity contribution in [3.8, 4) is 11.4 Å². The Balaban J connectivity index is 1.61. The molecule has 0 radical (unpaired) electrons. The number of carbonyl (C=O) groups is 2. The number of nitrogens with zero attached hydrogens (tertiary/aromatic N) is 1. The molecule has 0 saturated carbocycles. The molecule has 4 heteroatoms. The molecule has 0 amide bonds. The van der Waals surface area contributed by atoms with Gasteiger partial charge in [0.2, 0.25) is 0 Å². The maximum absolute atomic E-state index is 12.1. The quantitative estimate of drug-likeness (QED) is 0.482. The van der Waals surface area contributed by atoms with E-state index in [-0.39, 0.29) is 23.7 Å². The van der Waals surface area contributed by atoms with Gasteiger partial charge in [0.15, 0.2) is 11.6 Å². The van der Waals surface area contributed by atoms with Gasteiger partial charge < -0.3 is 9.67 Å². The van der Waals surface area contributed by atoms with Gasteiger partial charge in [-0.05, 0) is 67.1 Å². The van der Waals surface area contributed by atoms with Crippen molar-refractivity contribution in [3.05, 3.63) is 95.8 Å². The first-order chi connectivity index (χ1) is 13.5. The monoisotopic (exact) mass is 371 g/mol. The highest BCUT2D eigenvalue weighted by molar-refractivity contribution is 6.10. The van der Waals surface area contributed by atoms with Gasteiger partial charge in [0.05, 0.1) is 6.42 Å². The van der Waals surface area contributed by atoms with Crippen LogP contribution in [-0.4, -0.2) is 21.2 Å². The Bertz CT molecular complexity index is 1020. The van der Waals surface area contributed by atoms with E-state index >= 15 is 0 Å². The lowest BCUT2D eigenvalue weighted by atomic mass is 10.1. The highest BCUT2D eigenvalue weighted by Crippen LogP contribution is 2.15. The van der Waals surface area contributed by atoms with Gasteiger partial charge in [0.1, 0.15) is 5.75 Å². The maximum atomic E-state index is 12.1. The number of aromatic nitrogens is 1. The normalized spacial score (nSPS) is 11.3. The minimum Gasteiger partial charge on any atom is -0.508 e. The third-order valence-corrected chi connectivity index (χ3v) is 4.24. The predicted molar refractivity (Wildman–Crippen MR) is 111 cm³/mol. The molecule has 2 aromatic carbocycles. The summed E-state index contributed by atoms with van der Waals surface area (Å²) in [5, 5.41) is 9.25. The first-order valence-corrected chi connectivity index (χ1v) is 8.96. The molecule has 140 valence electrons. The first kappa shape index (κ1) is 19.1. The van der Waals surface area contributed by atoms with Gasteiger partial charge in [0, 0.05) is 17.6 Å². The molecule has 1 aromatic heterocycles. The number of hydrogen-bond acceptors (Lipinski definition) is 3. The Hall–Kier alpha value is -3.66. The molecule has 4 nitrogen and oxygen atoms in total. The van der Waals surface area contributed by atoms with Crippen LogP contribution < -0.4 is 0 Å². The summed E-state index contributed by atoms with van der Waals surface area (Å²) in [6.45, 7) is 2.03. The van der Waals surface area contributed by atoms with Gasteiger partial charge in [-0.3, -0.25) is 9.59 Å². The summed E-state index contributed by atoms with van der Waals surface area (Å²) in [7, 11) is 0. The minimum absolute atomic E-state index is 0.166. The second-order valence-electron chi connectivity index (χ2n) is 6.51. The van der Waals surface area contributed by atoms with Crippen LogP contribution in [0, 0.1) is 6.92 Å². The van der Waals surface area contributed by atoms with Crippen molar-refractivity contribution in [1.82, 2.24) is 4.57 Å². The molecule has 0 aliphatic heterocycles. The van der Waals surface area contributed by atoms with Gasteiger partial charge >= 0.3 is 0 Å². The van der Waals surface area contributed by atoms with Crippen LogP contribution >= 0.6 is 0 Å². The topological polar surface area (TPSA) is 59.3 Å². The zero-order chi connectivity index (χ0) is 19.9. The lowest BCUT2D eigenvalue weighted by Crippen LogP contribution is -2.02. The number of phenols is 1. The van der Waals surface area contributed by atoms with Crippen molar-refractivity contribution in [2.24, 2.45) is 0 Å². The van der Waals surface area contributed by atoms with Crippen LogP contribution in [0.5, 0.6) is 5.75 Å². The lowest BCUT2D eigenvalue weighted by Gasteiger charge is -2.06. The third kappa shape index (κ3) is 5.17. The molecule has 0 atom stereocenters. The standard InChI is InChI=1S/C24H21NO3/c1-18-4-9-21(10-5-18)25-16-2-3-20(25)11-15-24(28)17-23(27)14-8-19-6-12-22(26)13-7-19/h2-16,26H,17H2,1H3/b14-8+,15-11+. The van der Waals surface area contributed by atoms with Crippen molar-refractivity contribution in [2.75, 3.05) is 0 Å². The van der Waals surface area contributed by atoms with E-state index in [9.17, 15) is 14.7 Å². The summed E-state index contributed by atoms with van der Waals surface area (Å²) in [5.41, 5.74) is 3.84. The molecular weight excluding hydrogens is 350 g/mol. The van der Waals surface area contributed by atoms with Crippen LogP contribution in [0.15, 0.2) is 79.0 Å². The number of allylic oxidation sites excluding steroid dienone is 2. The number of benzene rings is 2. The van der Waals surface area contributed by atoms with E-state index in [1.807, 2.05) is 54.1 Å². The molecule has 0 unspecified atom stereocenters. The highest BCUT2D eigenvalue weighted by atomic mass is 16.3. The van der Waals surface area contributed by atoms with Crippen LogP contribution in [0.1, 0.15) is 23.2 Å². The fraction of sp³-hybridized carbons (Fsp3) is 0.0833. The summed E-state index contributed by atoms with van der Waals surface area (Å²) in [5.74, 6) is -0.354. The first-order valence-electron chi connectivity index (χ1n) is 8.96. The third-order valence-electron chi connectivity index (χ3n) is 4.24. The molecule has 0 fully saturated rings. The van der Waals surface area contributed by atoms with Crippen LogP contribution in [0.3, 0.4) is 0 Å². The number of ketones is 2. The minimum atomic E-state index is -0.267. The summed E-state index contributed by atoms with van der Waals surface area (Å²) in [6, 6.07) is 18.4. The SMILES string of the molecule is Cc1ccc(-n2cccc2/C=C/C(=O)CC(=O)/C=C/c2ccc(O)cc2)cc1. The molecule has 0 aliphatic rings.